The van der Waals surface area contributed by atoms with Gasteiger partial charge < -0.3 is 19.7 Å². The first-order valence-corrected chi connectivity index (χ1v) is 6.07. The van der Waals surface area contributed by atoms with Crippen molar-refractivity contribution < 1.29 is 14.0 Å². The van der Waals surface area contributed by atoms with Crippen LogP contribution in [0, 0.1) is 5.92 Å². The predicted octanol–water partition coefficient (Wildman–Crippen LogP) is 1.03. The zero-order valence-electron chi connectivity index (χ0n) is 10.1. The number of nitrogens with zero attached hydrogens (tertiary/aromatic N) is 2. The highest BCUT2D eigenvalue weighted by Crippen LogP contribution is 2.42. The topological polar surface area (TPSA) is 83.4 Å². The molecule has 1 aromatic heterocycles. The van der Waals surface area contributed by atoms with Crippen LogP contribution in [0.15, 0.2) is 4.52 Å². The van der Waals surface area contributed by atoms with Gasteiger partial charge in [-0.2, -0.15) is 4.98 Å². The van der Waals surface area contributed by atoms with Crippen LogP contribution in [0.1, 0.15) is 37.6 Å². The fourth-order valence-electron chi connectivity index (χ4n) is 1.69. The van der Waals surface area contributed by atoms with E-state index >= 15 is 0 Å². The van der Waals surface area contributed by atoms with Crippen molar-refractivity contribution in [1.82, 2.24) is 10.1 Å². The zero-order valence-corrected chi connectivity index (χ0v) is 10.1. The highest BCUT2D eigenvalue weighted by Gasteiger charge is 2.36. The van der Waals surface area contributed by atoms with Gasteiger partial charge in [0.05, 0.1) is 6.61 Å². The summed E-state index contributed by atoms with van der Waals surface area (Å²) in [7, 11) is 0. The second-order valence-electron chi connectivity index (χ2n) is 4.10. The van der Waals surface area contributed by atoms with Gasteiger partial charge in [-0.15, -0.1) is 0 Å². The minimum absolute atomic E-state index is 0.0213. The van der Waals surface area contributed by atoms with E-state index in [0.29, 0.717) is 44.0 Å². The molecule has 0 spiro atoms. The largest absolute Gasteiger partial charge is 0.370 e. The van der Waals surface area contributed by atoms with E-state index in [1.54, 1.807) is 0 Å². The van der Waals surface area contributed by atoms with Gasteiger partial charge in [0.25, 0.3) is 5.89 Å². The molecular weight excluding hydrogens is 222 g/mol. The first kappa shape index (κ1) is 12.5. The van der Waals surface area contributed by atoms with Gasteiger partial charge >= 0.3 is 0 Å². The molecule has 1 aromatic rings. The Hall–Kier alpha value is -0.980. The lowest BCUT2D eigenvalue weighted by Crippen LogP contribution is -2.09. The van der Waals surface area contributed by atoms with Crippen molar-refractivity contribution >= 4 is 0 Å². The van der Waals surface area contributed by atoms with Crippen LogP contribution < -0.4 is 5.73 Å². The van der Waals surface area contributed by atoms with Crippen LogP contribution in [-0.2, 0) is 16.1 Å². The van der Waals surface area contributed by atoms with E-state index in [-0.39, 0.29) is 6.10 Å². The molecule has 1 saturated carbocycles. The Bertz CT molecular complexity index is 338. The second-order valence-corrected chi connectivity index (χ2v) is 4.10. The number of hydrogen-bond donors (Lipinski definition) is 1. The summed E-state index contributed by atoms with van der Waals surface area (Å²) in [6.07, 6.45) is 2.34. The Balaban J connectivity index is 1.90. The van der Waals surface area contributed by atoms with Crippen molar-refractivity contribution in [3.05, 3.63) is 11.7 Å². The normalized spacial score (nSPS) is 17.3. The molecule has 0 aromatic carbocycles. The molecule has 0 amide bonds. The Kier molecular flexibility index (Phi) is 4.47. The molecule has 6 nitrogen and oxygen atoms in total. The third kappa shape index (κ3) is 3.49. The summed E-state index contributed by atoms with van der Waals surface area (Å²) in [6.45, 7) is 3.93. The van der Waals surface area contributed by atoms with Crippen molar-refractivity contribution in [2.24, 2.45) is 11.7 Å². The average molecular weight is 241 g/mol. The summed E-state index contributed by atoms with van der Waals surface area (Å²) in [4.78, 5) is 4.29. The van der Waals surface area contributed by atoms with Crippen molar-refractivity contribution in [1.29, 1.82) is 0 Å². The Labute approximate surface area is 100 Å². The van der Waals surface area contributed by atoms with Crippen LogP contribution in [0.5, 0.6) is 0 Å². The molecule has 2 rings (SSSR count). The minimum atomic E-state index is -0.0213. The van der Waals surface area contributed by atoms with E-state index < -0.39 is 0 Å². The summed E-state index contributed by atoms with van der Waals surface area (Å²) >= 11 is 0. The molecule has 1 heterocycles. The lowest BCUT2D eigenvalue weighted by atomic mass is 10.2. The van der Waals surface area contributed by atoms with Gasteiger partial charge in [-0.05, 0) is 25.7 Å². The third-order valence-electron chi connectivity index (χ3n) is 2.62. The quantitative estimate of drug-likeness (QED) is 0.684. The summed E-state index contributed by atoms with van der Waals surface area (Å²) in [5, 5.41) is 3.95. The van der Waals surface area contributed by atoms with E-state index in [4.69, 9.17) is 19.7 Å². The lowest BCUT2D eigenvalue weighted by molar-refractivity contribution is 0.0384. The Morgan fingerprint density at radius 2 is 2.35 bits per heavy atom. The predicted molar refractivity (Wildman–Crippen MR) is 60.1 cm³/mol. The van der Waals surface area contributed by atoms with Crippen molar-refractivity contribution in [3.8, 4) is 0 Å². The van der Waals surface area contributed by atoms with Crippen LogP contribution >= 0.6 is 0 Å². The molecular formula is C11H19N3O3. The summed E-state index contributed by atoms with van der Waals surface area (Å²) in [5.74, 6) is 1.67. The van der Waals surface area contributed by atoms with Crippen LogP contribution in [0.25, 0.3) is 0 Å². The highest BCUT2D eigenvalue weighted by atomic mass is 16.5. The van der Waals surface area contributed by atoms with E-state index in [1.807, 2.05) is 6.92 Å². The number of hydrogen-bond acceptors (Lipinski definition) is 6. The van der Waals surface area contributed by atoms with Gasteiger partial charge in [0.1, 0.15) is 12.7 Å². The van der Waals surface area contributed by atoms with Gasteiger partial charge in [0.2, 0.25) is 5.82 Å². The summed E-state index contributed by atoms with van der Waals surface area (Å²) in [5.41, 5.74) is 5.32. The maximum atomic E-state index is 5.65. The van der Waals surface area contributed by atoms with E-state index in [9.17, 15) is 0 Å². The molecule has 17 heavy (non-hydrogen) atoms. The maximum Gasteiger partial charge on any atom is 0.252 e. The van der Waals surface area contributed by atoms with Gasteiger partial charge in [-0.1, -0.05) is 5.16 Å². The van der Waals surface area contributed by atoms with Crippen LogP contribution in [-0.4, -0.2) is 29.9 Å². The molecule has 6 heteroatoms. The molecule has 1 aliphatic rings. The second kappa shape index (κ2) is 6.09. The van der Waals surface area contributed by atoms with Gasteiger partial charge in [-0.25, -0.2) is 0 Å². The van der Waals surface area contributed by atoms with Crippen molar-refractivity contribution in [2.45, 2.75) is 32.5 Å². The van der Waals surface area contributed by atoms with Gasteiger partial charge in [0, 0.05) is 13.2 Å². The Morgan fingerprint density at radius 3 is 3.00 bits per heavy atom. The van der Waals surface area contributed by atoms with Gasteiger partial charge in [0.15, 0.2) is 0 Å². The molecule has 1 fully saturated rings. The highest BCUT2D eigenvalue weighted by molar-refractivity contribution is 4.98. The fourth-order valence-corrected chi connectivity index (χ4v) is 1.69. The molecule has 0 saturated heterocycles. The van der Waals surface area contributed by atoms with E-state index in [0.717, 1.165) is 0 Å². The number of nitrogens with two attached hydrogens (primary N) is 1. The Morgan fingerprint density at radius 1 is 1.53 bits per heavy atom. The van der Waals surface area contributed by atoms with Gasteiger partial charge in [-0.3, -0.25) is 0 Å². The molecule has 1 unspecified atom stereocenters. The van der Waals surface area contributed by atoms with Crippen LogP contribution in [0.2, 0.25) is 0 Å². The monoisotopic (exact) mass is 241 g/mol. The van der Waals surface area contributed by atoms with E-state index in [1.165, 1.54) is 12.8 Å². The zero-order chi connectivity index (χ0) is 12.1. The maximum absolute atomic E-state index is 5.65. The first-order chi connectivity index (χ1) is 8.35. The molecule has 0 radical (unpaired) electrons. The third-order valence-corrected chi connectivity index (χ3v) is 2.62. The molecule has 2 N–H and O–H groups in total. The fraction of sp³-hybridized carbons (Fsp3) is 0.818. The van der Waals surface area contributed by atoms with Crippen LogP contribution in [0.3, 0.4) is 0 Å². The standard InChI is InChI=1S/C11H19N3O3/c1-2-16-10(8-3-4-8)11-13-9(17-14-11)7-15-6-5-12/h8,10H,2-7,12H2,1H3. The molecule has 0 aliphatic heterocycles. The molecule has 96 valence electrons. The van der Waals surface area contributed by atoms with Crippen molar-refractivity contribution in [3.63, 3.8) is 0 Å². The summed E-state index contributed by atoms with van der Waals surface area (Å²) < 4.78 is 16.0. The molecule has 1 aliphatic carbocycles. The number of rotatable bonds is 8. The lowest BCUT2D eigenvalue weighted by Gasteiger charge is -2.10. The smallest absolute Gasteiger partial charge is 0.252 e. The van der Waals surface area contributed by atoms with E-state index in [2.05, 4.69) is 10.1 Å². The number of aromatic nitrogens is 2. The first-order valence-electron chi connectivity index (χ1n) is 6.07. The minimum Gasteiger partial charge on any atom is -0.370 e. The molecule has 1 atom stereocenters. The number of ether oxygens (including phenoxy) is 2. The van der Waals surface area contributed by atoms with Crippen molar-refractivity contribution in [2.75, 3.05) is 19.8 Å². The summed E-state index contributed by atoms with van der Waals surface area (Å²) in [6, 6.07) is 0. The SMILES string of the molecule is CCOC(c1noc(COCCN)n1)C1CC1. The van der Waals surface area contributed by atoms with Crippen LogP contribution in [0.4, 0.5) is 0 Å². The molecule has 0 bridgehead atoms. The average Bonchev–Trinajstić information content (AvgIpc) is 3.06.